The molecule has 23 heavy (non-hydrogen) atoms. The van der Waals surface area contributed by atoms with Gasteiger partial charge in [-0.15, -0.1) is 0 Å². The molecule has 0 saturated heterocycles. The highest BCUT2D eigenvalue weighted by Gasteiger charge is 2.33. The minimum absolute atomic E-state index is 0.170. The molecule has 0 spiro atoms. The molecule has 3 rings (SSSR count). The average molecular weight is 335 g/mol. The second-order valence-corrected chi connectivity index (χ2v) is 7.45. The van der Waals surface area contributed by atoms with E-state index in [9.17, 15) is 18.3 Å². The van der Waals surface area contributed by atoms with Gasteiger partial charge in [0.1, 0.15) is 0 Å². The molecule has 0 radical (unpaired) electrons. The first-order chi connectivity index (χ1) is 10.8. The molecular weight excluding hydrogens is 318 g/mol. The third-order valence-electron chi connectivity index (χ3n) is 4.10. The van der Waals surface area contributed by atoms with Gasteiger partial charge in [0.15, 0.2) is 5.03 Å². The van der Waals surface area contributed by atoms with Crippen molar-refractivity contribution in [2.24, 2.45) is 7.05 Å². The summed E-state index contributed by atoms with van der Waals surface area (Å²) < 4.78 is 28.5. The summed E-state index contributed by atoms with van der Waals surface area (Å²) in [5.74, 6) is -0.986. The Balaban J connectivity index is 2.00. The zero-order valence-corrected chi connectivity index (χ0v) is 13.7. The van der Waals surface area contributed by atoms with E-state index in [0.717, 1.165) is 5.56 Å². The van der Waals surface area contributed by atoms with E-state index in [-0.39, 0.29) is 23.7 Å². The van der Waals surface area contributed by atoms with E-state index in [1.165, 1.54) is 15.2 Å². The van der Waals surface area contributed by atoms with Crippen molar-refractivity contribution in [3.05, 3.63) is 46.6 Å². The fourth-order valence-corrected chi connectivity index (χ4v) is 4.74. The molecule has 0 fully saturated rings. The monoisotopic (exact) mass is 335 g/mol. The molecule has 0 atom stereocenters. The first kappa shape index (κ1) is 15.7. The smallest absolute Gasteiger partial charge is 0.335 e. The number of aryl methyl sites for hydroxylation is 2. The average Bonchev–Trinajstić information content (AvgIpc) is 2.85. The number of hydrogen-bond donors (Lipinski definition) is 1. The van der Waals surface area contributed by atoms with Gasteiger partial charge in [-0.25, -0.2) is 13.2 Å². The predicted octanol–water partition coefficient (Wildman–Crippen LogP) is 1.17. The lowest BCUT2D eigenvalue weighted by Gasteiger charge is -2.29. The van der Waals surface area contributed by atoms with E-state index < -0.39 is 16.0 Å². The number of carbonyl (C=O) groups is 1. The van der Waals surface area contributed by atoms with Crippen molar-refractivity contribution in [3.8, 4) is 0 Å². The molecule has 0 saturated carbocycles. The minimum Gasteiger partial charge on any atom is -0.478 e. The number of fused-ring (bicyclic) bond motifs is 1. The Kier molecular flexibility index (Phi) is 3.73. The van der Waals surface area contributed by atoms with Crippen molar-refractivity contribution in [1.82, 2.24) is 14.1 Å². The standard InChI is InChI=1S/C15H17N3O4S/c1-10-8-16-17(2)14(10)23(21,22)18-7-6-12-11(9-18)4-3-5-13(12)15(19)20/h3-5,8H,6-7,9H2,1-2H3,(H,19,20). The maximum absolute atomic E-state index is 12.9. The van der Waals surface area contributed by atoms with E-state index in [1.54, 1.807) is 32.2 Å². The SMILES string of the molecule is Cc1cnn(C)c1S(=O)(=O)N1CCc2c(cccc2C(=O)O)C1. The molecule has 8 heteroatoms. The summed E-state index contributed by atoms with van der Waals surface area (Å²) in [6, 6.07) is 4.98. The van der Waals surface area contributed by atoms with E-state index in [0.29, 0.717) is 17.5 Å². The molecule has 0 unspecified atom stereocenters. The summed E-state index contributed by atoms with van der Waals surface area (Å²) in [7, 11) is -2.07. The van der Waals surface area contributed by atoms with Crippen LogP contribution in [-0.2, 0) is 30.0 Å². The van der Waals surface area contributed by atoms with Gasteiger partial charge in [0.2, 0.25) is 0 Å². The Morgan fingerprint density at radius 3 is 2.70 bits per heavy atom. The van der Waals surface area contributed by atoms with Crippen molar-refractivity contribution in [2.75, 3.05) is 6.54 Å². The number of carboxylic acid groups (broad SMARTS) is 1. The van der Waals surface area contributed by atoms with Crippen LogP contribution in [0, 0.1) is 6.92 Å². The number of hydrogen-bond acceptors (Lipinski definition) is 4. The molecule has 1 aromatic carbocycles. The van der Waals surface area contributed by atoms with Gasteiger partial charge in [0, 0.05) is 25.7 Å². The number of aromatic nitrogens is 2. The summed E-state index contributed by atoms with van der Waals surface area (Å²) in [6.07, 6.45) is 1.90. The van der Waals surface area contributed by atoms with E-state index in [2.05, 4.69) is 5.10 Å². The van der Waals surface area contributed by atoms with Gasteiger partial charge in [-0.1, -0.05) is 12.1 Å². The summed E-state index contributed by atoms with van der Waals surface area (Å²) in [4.78, 5) is 11.3. The molecule has 1 aromatic heterocycles. The summed E-state index contributed by atoms with van der Waals surface area (Å²) in [5, 5.41) is 13.4. The van der Waals surface area contributed by atoms with E-state index >= 15 is 0 Å². The number of sulfonamides is 1. The van der Waals surface area contributed by atoms with Crippen molar-refractivity contribution >= 4 is 16.0 Å². The first-order valence-corrected chi connectivity index (χ1v) is 8.59. The highest BCUT2D eigenvalue weighted by Crippen LogP contribution is 2.28. The Morgan fingerprint density at radius 1 is 1.35 bits per heavy atom. The molecule has 0 aliphatic carbocycles. The lowest BCUT2D eigenvalue weighted by atomic mass is 9.95. The van der Waals surface area contributed by atoms with Gasteiger partial charge in [-0.3, -0.25) is 4.68 Å². The van der Waals surface area contributed by atoms with Crippen LogP contribution >= 0.6 is 0 Å². The van der Waals surface area contributed by atoms with Crippen LogP contribution in [0.25, 0.3) is 0 Å². The lowest BCUT2D eigenvalue weighted by molar-refractivity contribution is 0.0695. The third-order valence-corrected chi connectivity index (χ3v) is 6.17. The highest BCUT2D eigenvalue weighted by atomic mass is 32.2. The number of benzene rings is 1. The van der Waals surface area contributed by atoms with Crippen LogP contribution < -0.4 is 0 Å². The molecule has 122 valence electrons. The van der Waals surface area contributed by atoms with Crippen LogP contribution in [0.5, 0.6) is 0 Å². The maximum Gasteiger partial charge on any atom is 0.335 e. The fourth-order valence-electron chi connectivity index (χ4n) is 3.02. The van der Waals surface area contributed by atoms with Crippen molar-refractivity contribution < 1.29 is 18.3 Å². The molecule has 1 aliphatic rings. The normalized spacial score (nSPS) is 15.4. The molecule has 0 amide bonds. The molecule has 2 heterocycles. The van der Waals surface area contributed by atoms with Gasteiger partial charge in [-0.2, -0.15) is 9.40 Å². The van der Waals surface area contributed by atoms with Crippen LogP contribution in [0.3, 0.4) is 0 Å². The first-order valence-electron chi connectivity index (χ1n) is 7.15. The molecule has 7 nitrogen and oxygen atoms in total. The van der Waals surface area contributed by atoms with Crippen LogP contribution in [0.15, 0.2) is 29.4 Å². The zero-order chi connectivity index (χ0) is 16.8. The molecule has 2 aromatic rings. The Hall–Kier alpha value is -2.19. The van der Waals surface area contributed by atoms with Crippen LogP contribution in [-0.4, -0.2) is 40.1 Å². The summed E-state index contributed by atoms with van der Waals surface area (Å²) in [6.45, 7) is 2.13. The van der Waals surface area contributed by atoms with Gasteiger partial charge in [0.05, 0.1) is 11.8 Å². The summed E-state index contributed by atoms with van der Waals surface area (Å²) >= 11 is 0. The Bertz CT molecular complexity index is 867. The minimum atomic E-state index is -3.67. The Morgan fingerprint density at radius 2 is 2.09 bits per heavy atom. The topological polar surface area (TPSA) is 92.5 Å². The second-order valence-electron chi connectivity index (χ2n) is 5.59. The molecular formula is C15H17N3O4S. The molecule has 1 aliphatic heterocycles. The number of rotatable bonds is 3. The van der Waals surface area contributed by atoms with Gasteiger partial charge in [0.25, 0.3) is 10.0 Å². The van der Waals surface area contributed by atoms with Gasteiger partial charge in [-0.05, 0) is 30.5 Å². The Labute approximate surface area is 134 Å². The van der Waals surface area contributed by atoms with E-state index in [1.807, 2.05) is 0 Å². The highest BCUT2D eigenvalue weighted by molar-refractivity contribution is 7.89. The number of nitrogens with zero attached hydrogens (tertiary/aromatic N) is 3. The van der Waals surface area contributed by atoms with Crippen molar-refractivity contribution in [1.29, 1.82) is 0 Å². The van der Waals surface area contributed by atoms with Crippen molar-refractivity contribution in [3.63, 3.8) is 0 Å². The van der Waals surface area contributed by atoms with Crippen LogP contribution in [0.4, 0.5) is 0 Å². The summed E-state index contributed by atoms with van der Waals surface area (Å²) in [5.41, 5.74) is 2.29. The van der Waals surface area contributed by atoms with Gasteiger partial charge >= 0.3 is 5.97 Å². The maximum atomic E-state index is 12.9. The third kappa shape index (κ3) is 2.53. The second kappa shape index (κ2) is 5.47. The lowest BCUT2D eigenvalue weighted by Crippen LogP contribution is -2.37. The quantitative estimate of drug-likeness (QED) is 0.909. The van der Waals surface area contributed by atoms with Crippen LogP contribution in [0.2, 0.25) is 0 Å². The van der Waals surface area contributed by atoms with E-state index in [4.69, 9.17) is 0 Å². The molecule has 1 N–H and O–H groups in total. The largest absolute Gasteiger partial charge is 0.478 e. The number of aromatic carboxylic acids is 1. The number of carboxylic acids is 1. The predicted molar refractivity (Wildman–Crippen MR) is 82.6 cm³/mol. The van der Waals surface area contributed by atoms with Gasteiger partial charge < -0.3 is 5.11 Å². The molecule has 0 bridgehead atoms. The van der Waals surface area contributed by atoms with Crippen molar-refractivity contribution in [2.45, 2.75) is 24.9 Å². The fraction of sp³-hybridized carbons (Fsp3) is 0.333. The van der Waals surface area contributed by atoms with Crippen LogP contribution in [0.1, 0.15) is 27.0 Å². The zero-order valence-electron chi connectivity index (χ0n) is 12.9.